The molecule has 1 saturated heterocycles. The predicted octanol–water partition coefficient (Wildman–Crippen LogP) is 3.03. The first-order valence-corrected chi connectivity index (χ1v) is 11.5. The van der Waals surface area contributed by atoms with Crippen molar-refractivity contribution in [2.75, 3.05) is 18.6 Å². The highest BCUT2D eigenvalue weighted by molar-refractivity contribution is 6.01. The van der Waals surface area contributed by atoms with Crippen molar-refractivity contribution in [1.29, 1.82) is 0 Å². The van der Waals surface area contributed by atoms with Crippen LogP contribution in [0.15, 0.2) is 24.3 Å². The van der Waals surface area contributed by atoms with Gasteiger partial charge < -0.3 is 20.3 Å². The highest BCUT2D eigenvalue weighted by Gasteiger charge is 2.37. The highest BCUT2D eigenvalue weighted by atomic mass is 16.5. The Hall–Kier alpha value is -2.57. The summed E-state index contributed by atoms with van der Waals surface area (Å²) in [7, 11) is 1.59. The number of carbonyl (C=O) groups excluding carboxylic acids is 3. The summed E-state index contributed by atoms with van der Waals surface area (Å²) < 4.78 is 5.17. The topological polar surface area (TPSA) is 87.7 Å². The summed E-state index contributed by atoms with van der Waals surface area (Å²) in [5.41, 5.74) is 0.745. The number of methoxy groups -OCH3 is 1. The molecule has 7 heteroatoms. The summed E-state index contributed by atoms with van der Waals surface area (Å²) in [6.07, 6.45) is 6.42. The number of hydrogen-bond donors (Lipinski definition) is 2. The third-order valence-electron chi connectivity index (χ3n) is 6.62. The van der Waals surface area contributed by atoms with Crippen LogP contribution in [0.5, 0.6) is 5.75 Å². The lowest BCUT2D eigenvalue weighted by Crippen LogP contribution is -2.54. The van der Waals surface area contributed by atoms with Crippen LogP contribution in [0.4, 0.5) is 5.69 Å². The molecule has 7 nitrogen and oxygen atoms in total. The smallest absolute Gasteiger partial charge is 0.243 e. The van der Waals surface area contributed by atoms with Crippen molar-refractivity contribution in [3.63, 3.8) is 0 Å². The lowest BCUT2D eigenvalue weighted by Gasteiger charge is -2.29. The fraction of sp³-hybridized carbons (Fsp3) is 0.625. The summed E-state index contributed by atoms with van der Waals surface area (Å²) in [5.74, 6) is -0.160. The molecule has 31 heavy (non-hydrogen) atoms. The van der Waals surface area contributed by atoms with Gasteiger partial charge in [0, 0.05) is 24.7 Å². The second-order valence-electron chi connectivity index (χ2n) is 8.82. The Labute approximate surface area is 184 Å². The van der Waals surface area contributed by atoms with Crippen LogP contribution >= 0.6 is 0 Å². The molecule has 1 aromatic rings. The number of nitrogens with one attached hydrogen (secondary N) is 2. The van der Waals surface area contributed by atoms with Crippen molar-refractivity contribution in [3.8, 4) is 5.75 Å². The van der Waals surface area contributed by atoms with Gasteiger partial charge in [0.25, 0.3) is 0 Å². The Kier molecular flexibility index (Phi) is 7.93. The van der Waals surface area contributed by atoms with Gasteiger partial charge in [0.05, 0.1) is 13.0 Å². The number of benzene rings is 1. The van der Waals surface area contributed by atoms with Gasteiger partial charge in [-0.1, -0.05) is 39.5 Å². The van der Waals surface area contributed by atoms with E-state index in [-0.39, 0.29) is 36.1 Å². The first-order chi connectivity index (χ1) is 14.9. The molecule has 0 aromatic heterocycles. The van der Waals surface area contributed by atoms with E-state index in [4.69, 9.17) is 4.74 Å². The molecule has 1 heterocycles. The van der Waals surface area contributed by atoms with E-state index < -0.39 is 12.0 Å². The molecule has 170 valence electrons. The minimum atomic E-state index is -0.579. The number of nitrogens with zero attached hydrogens (tertiary/aromatic N) is 1. The maximum absolute atomic E-state index is 13.0. The van der Waals surface area contributed by atoms with Crippen molar-refractivity contribution < 1.29 is 19.1 Å². The molecule has 2 N–H and O–H groups in total. The zero-order chi connectivity index (χ0) is 22.4. The van der Waals surface area contributed by atoms with Gasteiger partial charge in [-0.3, -0.25) is 14.4 Å². The SMILES string of the molecule is CC[C@H](C)[C@H](NC(=O)[C@H]1CC(=O)N(c2ccc(OC)cc2)C1)C(=O)NC1CCCCC1. The van der Waals surface area contributed by atoms with Crippen LogP contribution in [-0.4, -0.2) is 43.5 Å². The van der Waals surface area contributed by atoms with E-state index in [0.29, 0.717) is 12.3 Å². The number of ether oxygens (including phenoxy) is 1. The minimum Gasteiger partial charge on any atom is -0.497 e. The molecule has 2 aliphatic rings. The van der Waals surface area contributed by atoms with Gasteiger partial charge in [0.1, 0.15) is 11.8 Å². The molecule has 0 radical (unpaired) electrons. The Balaban J connectivity index is 1.62. The Morgan fingerprint density at radius 1 is 1.16 bits per heavy atom. The molecule has 1 aliphatic heterocycles. The van der Waals surface area contributed by atoms with Crippen LogP contribution in [-0.2, 0) is 14.4 Å². The number of amides is 3. The molecule has 3 amide bonds. The van der Waals surface area contributed by atoms with E-state index in [1.165, 1.54) is 6.42 Å². The Bertz CT molecular complexity index is 774. The molecule has 2 fully saturated rings. The first-order valence-electron chi connectivity index (χ1n) is 11.5. The predicted molar refractivity (Wildman–Crippen MR) is 120 cm³/mol. The quantitative estimate of drug-likeness (QED) is 0.665. The second kappa shape index (κ2) is 10.6. The van der Waals surface area contributed by atoms with Crippen molar-refractivity contribution in [2.24, 2.45) is 11.8 Å². The van der Waals surface area contributed by atoms with Gasteiger partial charge in [-0.15, -0.1) is 0 Å². The van der Waals surface area contributed by atoms with E-state index in [0.717, 1.165) is 37.8 Å². The van der Waals surface area contributed by atoms with Crippen molar-refractivity contribution in [3.05, 3.63) is 24.3 Å². The van der Waals surface area contributed by atoms with E-state index >= 15 is 0 Å². The molecule has 0 unspecified atom stereocenters. The van der Waals surface area contributed by atoms with Crippen LogP contribution < -0.4 is 20.3 Å². The Morgan fingerprint density at radius 3 is 2.45 bits per heavy atom. The van der Waals surface area contributed by atoms with Crippen LogP contribution in [0.25, 0.3) is 0 Å². The normalized spacial score (nSPS) is 21.5. The summed E-state index contributed by atoms with van der Waals surface area (Å²) in [6, 6.07) is 6.84. The van der Waals surface area contributed by atoms with Gasteiger partial charge in [-0.2, -0.15) is 0 Å². The second-order valence-corrected chi connectivity index (χ2v) is 8.82. The molecule has 0 bridgehead atoms. The summed E-state index contributed by atoms with van der Waals surface area (Å²) >= 11 is 0. The summed E-state index contributed by atoms with van der Waals surface area (Å²) in [6.45, 7) is 4.31. The van der Waals surface area contributed by atoms with Gasteiger partial charge in [-0.05, 0) is 43.0 Å². The molecular formula is C24H35N3O4. The minimum absolute atomic E-state index is 0.0161. The van der Waals surface area contributed by atoms with Crippen LogP contribution in [0.3, 0.4) is 0 Å². The van der Waals surface area contributed by atoms with E-state index in [2.05, 4.69) is 10.6 Å². The average molecular weight is 430 g/mol. The molecule has 3 rings (SSSR count). The summed E-state index contributed by atoms with van der Waals surface area (Å²) in [4.78, 5) is 40.1. The fourth-order valence-corrected chi connectivity index (χ4v) is 4.41. The summed E-state index contributed by atoms with van der Waals surface area (Å²) in [5, 5.41) is 6.10. The number of hydrogen-bond acceptors (Lipinski definition) is 4. The molecule has 0 spiro atoms. The number of carbonyl (C=O) groups is 3. The van der Waals surface area contributed by atoms with Gasteiger partial charge >= 0.3 is 0 Å². The number of rotatable bonds is 8. The third kappa shape index (κ3) is 5.77. The lowest BCUT2D eigenvalue weighted by atomic mass is 9.93. The van der Waals surface area contributed by atoms with Gasteiger partial charge in [0.2, 0.25) is 17.7 Å². The van der Waals surface area contributed by atoms with Gasteiger partial charge in [0.15, 0.2) is 0 Å². The first kappa shape index (κ1) is 23.1. The fourth-order valence-electron chi connectivity index (χ4n) is 4.41. The maximum atomic E-state index is 13.0. The largest absolute Gasteiger partial charge is 0.497 e. The average Bonchev–Trinajstić information content (AvgIpc) is 3.19. The zero-order valence-corrected chi connectivity index (χ0v) is 18.9. The molecule has 3 atom stereocenters. The van der Waals surface area contributed by atoms with E-state index in [1.807, 2.05) is 26.0 Å². The lowest BCUT2D eigenvalue weighted by molar-refractivity contribution is -0.132. The monoisotopic (exact) mass is 429 g/mol. The number of anilines is 1. The van der Waals surface area contributed by atoms with E-state index in [9.17, 15) is 14.4 Å². The van der Waals surface area contributed by atoms with Crippen LogP contribution in [0.2, 0.25) is 0 Å². The van der Waals surface area contributed by atoms with Crippen molar-refractivity contribution in [1.82, 2.24) is 10.6 Å². The molecular weight excluding hydrogens is 394 g/mol. The van der Waals surface area contributed by atoms with Crippen molar-refractivity contribution >= 4 is 23.4 Å². The zero-order valence-electron chi connectivity index (χ0n) is 18.9. The van der Waals surface area contributed by atoms with Crippen LogP contribution in [0.1, 0.15) is 58.8 Å². The van der Waals surface area contributed by atoms with Gasteiger partial charge in [-0.25, -0.2) is 0 Å². The standard InChI is InChI=1S/C24H35N3O4/c1-4-16(2)22(24(30)25-18-8-6-5-7-9-18)26-23(29)17-14-21(28)27(15-17)19-10-12-20(31-3)13-11-19/h10-13,16-18,22H,4-9,14-15H2,1-3H3,(H,25,30)(H,26,29)/t16-,17-,22-/m0/s1. The molecule has 1 saturated carbocycles. The third-order valence-corrected chi connectivity index (χ3v) is 6.62. The Morgan fingerprint density at radius 2 is 1.84 bits per heavy atom. The van der Waals surface area contributed by atoms with Crippen molar-refractivity contribution in [2.45, 2.75) is 70.9 Å². The maximum Gasteiger partial charge on any atom is 0.243 e. The van der Waals surface area contributed by atoms with E-state index in [1.54, 1.807) is 24.1 Å². The highest BCUT2D eigenvalue weighted by Crippen LogP contribution is 2.27. The molecule has 1 aliphatic carbocycles. The molecule has 1 aromatic carbocycles. The van der Waals surface area contributed by atoms with Crippen LogP contribution in [0, 0.1) is 11.8 Å².